The van der Waals surface area contributed by atoms with Gasteiger partial charge in [-0.3, -0.25) is 9.59 Å². The molecule has 0 spiro atoms. The first kappa shape index (κ1) is 42.7. The fourth-order valence-electron chi connectivity index (χ4n) is 6.55. The Morgan fingerprint density at radius 3 is 0.614 bits per heavy atom. The summed E-state index contributed by atoms with van der Waals surface area (Å²) in [7, 11) is 0. The predicted molar refractivity (Wildman–Crippen MR) is 194 cm³/mol. The van der Waals surface area contributed by atoms with E-state index in [4.69, 9.17) is 11.5 Å². The minimum Gasteiger partial charge on any atom is -0.366 e. The Morgan fingerprint density at radius 2 is 0.455 bits per heavy atom. The van der Waals surface area contributed by atoms with Crippen LogP contribution in [0.15, 0.2) is 11.1 Å². The number of rotatable bonds is 36. The number of nitrogens with two attached hydrogens (primary N) is 2. The first-order valence-electron chi connectivity index (χ1n) is 19.9. The second-order valence-corrected chi connectivity index (χ2v) is 13.8. The van der Waals surface area contributed by atoms with E-state index in [-0.39, 0.29) is 0 Å². The molecule has 0 aliphatic rings. The summed E-state index contributed by atoms with van der Waals surface area (Å²) in [6.45, 7) is 4.56. The monoisotopic (exact) mass is 619 g/mol. The van der Waals surface area contributed by atoms with Crippen LogP contribution in [0.25, 0.3) is 0 Å². The lowest BCUT2D eigenvalue weighted by molar-refractivity contribution is -0.117. The first-order valence-corrected chi connectivity index (χ1v) is 19.9. The molecule has 0 saturated heterocycles. The van der Waals surface area contributed by atoms with Gasteiger partial charge in [0.1, 0.15) is 0 Å². The van der Waals surface area contributed by atoms with Gasteiger partial charge in [-0.15, -0.1) is 0 Å². The second kappa shape index (κ2) is 34.6. The Hall–Kier alpha value is -1.32. The molecule has 4 heteroatoms. The standard InChI is InChI=1S/C40H78N2O2/c1-3-5-7-9-11-13-15-17-19-21-23-25-27-29-31-33-35-37(39(41)43)38(40(42)44)36-34-32-30-28-26-24-22-20-18-16-14-12-10-8-6-4-2/h3-36H2,1-2H3,(H2,41,43)(H2,42,44)/b38-37-. The van der Waals surface area contributed by atoms with Gasteiger partial charge in [0, 0.05) is 11.1 Å². The van der Waals surface area contributed by atoms with E-state index >= 15 is 0 Å². The van der Waals surface area contributed by atoms with Gasteiger partial charge in [-0.05, 0) is 25.7 Å². The van der Waals surface area contributed by atoms with Crippen molar-refractivity contribution >= 4 is 11.8 Å². The maximum atomic E-state index is 12.2. The van der Waals surface area contributed by atoms with Gasteiger partial charge in [0.2, 0.25) is 11.8 Å². The summed E-state index contributed by atoms with van der Waals surface area (Å²) in [5.41, 5.74) is 12.4. The molecule has 0 fully saturated rings. The van der Waals surface area contributed by atoms with Crippen LogP contribution in [0.5, 0.6) is 0 Å². The zero-order valence-corrected chi connectivity index (χ0v) is 30.0. The third-order valence-corrected chi connectivity index (χ3v) is 9.52. The SMILES string of the molecule is CCCCCCCCCCCCCCCCCC/C(C(N)=O)=C(\CCCCCCCCCCCCCCCCCC)C(N)=O. The van der Waals surface area contributed by atoms with Crippen LogP contribution < -0.4 is 11.5 Å². The Labute approximate surface area is 275 Å². The van der Waals surface area contributed by atoms with Crippen LogP contribution in [-0.4, -0.2) is 11.8 Å². The quantitative estimate of drug-likeness (QED) is 0.0540. The minimum atomic E-state index is -0.462. The van der Waals surface area contributed by atoms with Crippen LogP contribution in [0.2, 0.25) is 0 Å². The molecule has 0 heterocycles. The van der Waals surface area contributed by atoms with E-state index in [0.717, 1.165) is 25.7 Å². The number of amides is 2. The lowest BCUT2D eigenvalue weighted by Gasteiger charge is -2.11. The summed E-state index contributed by atoms with van der Waals surface area (Å²) in [4.78, 5) is 24.3. The largest absolute Gasteiger partial charge is 0.366 e. The molecule has 2 amide bonds. The predicted octanol–water partition coefficient (Wildman–Crippen LogP) is 12.6. The van der Waals surface area contributed by atoms with Crippen LogP contribution in [0, 0.1) is 0 Å². The molecule has 0 aromatic rings. The van der Waals surface area contributed by atoms with Gasteiger partial charge < -0.3 is 11.5 Å². The van der Waals surface area contributed by atoms with E-state index in [2.05, 4.69) is 13.8 Å². The van der Waals surface area contributed by atoms with Crippen LogP contribution >= 0.6 is 0 Å². The number of carbonyl (C=O) groups excluding carboxylic acids is 2. The lowest BCUT2D eigenvalue weighted by Crippen LogP contribution is -2.23. The van der Waals surface area contributed by atoms with Crippen LogP contribution in [0.1, 0.15) is 232 Å². The summed E-state index contributed by atoms with van der Waals surface area (Å²) in [6.07, 6.45) is 43.3. The highest BCUT2D eigenvalue weighted by atomic mass is 16.2. The zero-order chi connectivity index (χ0) is 32.4. The second-order valence-electron chi connectivity index (χ2n) is 13.8. The molecule has 0 aromatic carbocycles. The summed E-state index contributed by atoms with van der Waals surface area (Å²) in [5.74, 6) is -0.924. The zero-order valence-electron chi connectivity index (χ0n) is 30.0. The van der Waals surface area contributed by atoms with Crippen molar-refractivity contribution in [1.29, 1.82) is 0 Å². The smallest absolute Gasteiger partial charge is 0.245 e. The van der Waals surface area contributed by atoms with Crippen molar-refractivity contribution < 1.29 is 9.59 Å². The molecule has 0 aliphatic carbocycles. The van der Waals surface area contributed by atoms with Gasteiger partial charge in [0.05, 0.1) is 0 Å². The van der Waals surface area contributed by atoms with Crippen LogP contribution in [0.4, 0.5) is 0 Å². The molecule has 0 atom stereocenters. The number of carbonyl (C=O) groups is 2. The van der Waals surface area contributed by atoms with Crippen molar-refractivity contribution in [2.45, 2.75) is 232 Å². The number of unbranched alkanes of at least 4 members (excludes halogenated alkanes) is 30. The molecule has 0 unspecified atom stereocenters. The van der Waals surface area contributed by atoms with Crippen molar-refractivity contribution in [2.75, 3.05) is 0 Å². The highest BCUT2D eigenvalue weighted by molar-refractivity contribution is 6.03. The minimum absolute atomic E-state index is 0.462. The molecule has 0 aliphatic heterocycles. The molecule has 0 saturated carbocycles. The molecular weight excluding hydrogens is 540 g/mol. The summed E-state index contributed by atoms with van der Waals surface area (Å²) in [5, 5.41) is 0. The van der Waals surface area contributed by atoms with Crippen LogP contribution in [0.3, 0.4) is 0 Å². The van der Waals surface area contributed by atoms with Gasteiger partial charge in [0.15, 0.2) is 0 Å². The maximum absolute atomic E-state index is 12.2. The van der Waals surface area contributed by atoms with E-state index in [1.165, 1.54) is 180 Å². The number of hydrogen-bond donors (Lipinski definition) is 2. The van der Waals surface area contributed by atoms with Crippen molar-refractivity contribution in [3.05, 3.63) is 11.1 Å². The molecule has 260 valence electrons. The highest BCUT2D eigenvalue weighted by Gasteiger charge is 2.16. The molecule has 4 N–H and O–H groups in total. The van der Waals surface area contributed by atoms with Gasteiger partial charge in [0.25, 0.3) is 0 Å². The molecule has 0 aromatic heterocycles. The average Bonchev–Trinajstić information content (AvgIpc) is 3.00. The van der Waals surface area contributed by atoms with E-state index in [1.54, 1.807) is 0 Å². The summed E-state index contributed by atoms with van der Waals surface area (Å²) < 4.78 is 0. The summed E-state index contributed by atoms with van der Waals surface area (Å²) >= 11 is 0. The van der Waals surface area contributed by atoms with Crippen LogP contribution in [-0.2, 0) is 9.59 Å². The molecule has 0 rings (SSSR count). The Morgan fingerprint density at radius 1 is 0.295 bits per heavy atom. The van der Waals surface area contributed by atoms with E-state index in [9.17, 15) is 9.59 Å². The van der Waals surface area contributed by atoms with Crippen molar-refractivity contribution in [3.63, 3.8) is 0 Å². The average molecular weight is 619 g/mol. The van der Waals surface area contributed by atoms with Gasteiger partial charge >= 0.3 is 0 Å². The Kier molecular flexibility index (Phi) is 33.5. The molecule has 0 bridgehead atoms. The van der Waals surface area contributed by atoms with E-state index < -0.39 is 11.8 Å². The molecule has 0 radical (unpaired) electrons. The fraction of sp³-hybridized carbons (Fsp3) is 0.900. The van der Waals surface area contributed by atoms with E-state index in [0.29, 0.717) is 24.0 Å². The van der Waals surface area contributed by atoms with Gasteiger partial charge in [-0.2, -0.15) is 0 Å². The third kappa shape index (κ3) is 29.4. The number of primary amides is 2. The normalized spacial score (nSPS) is 12.0. The van der Waals surface area contributed by atoms with E-state index in [1.807, 2.05) is 0 Å². The Balaban J connectivity index is 3.84. The van der Waals surface area contributed by atoms with Gasteiger partial charge in [-0.1, -0.05) is 206 Å². The topological polar surface area (TPSA) is 86.2 Å². The first-order chi connectivity index (χ1) is 21.5. The molecular formula is C40H78N2O2. The Bertz CT molecular complexity index is 616. The fourth-order valence-corrected chi connectivity index (χ4v) is 6.55. The molecule has 44 heavy (non-hydrogen) atoms. The van der Waals surface area contributed by atoms with Crippen molar-refractivity contribution in [2.24, 2.45) is 11.5 Å². The maximum Gasteiger partial charge on any atom is 0.245 e. The third-order valence-electron chi connectivity index (χ3n) is 9.52. The molecule has 4 nitrogen and oxygen atoms in total. The lowest BCUT2D eigenvalue weighted by atomic mass is 9.95. The number of hydrogen-bond acceptors (Lipinski definition) is 2. The van der Waals surface area contributed by atoms with Gasteiger partial charge in [-0.25, -0.2) is 0 Å². The summed E-state index contributed by atoms with van der Waals surface area (Å²) in [6, 6.07) is 0. The van der Waals surface area contributed by atoms with Crippen molar-refractivity contribution in [3.8, 4) is 0 Å². The van der Waals surface area contributed by atoms with Crippen molar-refractivity contribution in [1.82, 2.24) is 0 Å². The highest BCUT2D eigenvalue weighted by Crippen LogP contribution is 2.21.